The molecule has 1 amide bonds. The van der Waals surface area contributed by atoms with Gasteiger partial charge in [-0.3, -0.25) is 18.7 Å². The van der Waals surface area contributed by atoms with E-state index in [0.717, 1.165) is 4.57 Å². The van der Waals surface area contributed by atoms with Crippen LogP contribution in [0.4, 0.5) is 5.82 Å². The highest BCUT2D eigenvalue weighted by atomic mass is 16.5. The Bertz CT molecular complexity index is 1070. The van der Waals surface area contributed by atoms with E-state index in [1.165, 1.54) is 24.7 Å². The number of ether oxygens (including phenoxy) is 1. The first-order chi connectivity index (χ1) is 12.5. The second-order valence-electron chi connectivity index (χ2n) is 5.52. The van der Waals surface area contributed by atoms with E-state index in [9.17, 15) is 14.4 Å². The minimum atomic E-state index is -0.528. The van der Waals surface area contributed by atoms with Gasteiger partial charge >= 0.3 is 5.69 Å². The number of pyridine rings is 1. The molecule has 0 aliphatic heterocycles. The molecule has 3 aromatic rings. The number of hydrogen-bond donors (Lipinski definition) is 1. The maximum Gasteiger partial charge on any atom is 0.332 e. The van der Waals surface area contributed by atoms with E-state index in [1.54, 1.807) is 48.7 Å². The summed E-state index contributed by atoms with van der Waals surface area (Å²) in [5, 5.41) is 2.57. The number of aromatic nitrogens is 3. The van der Waals surface area contributed by atoms with Crippen LogP contribution in [-0.2, 0) is 14.1 Å². The fourth-order valence-electron chi connectivity index (χ4n) is 2.27. The zero-order chi connectivity index (χ0) is 18.7. The van der Waals surface area contributed by atoms with E-state index < -0.39 is 17.2 Å². The first-order valence-corrected chi connectivity index (χ1v) is 7.73. The average Bonchev–Trinajstić information content (AvgIpc) is 2.65. The quantitative estimate of drug-likeness (QED) is 0.768. The third kappa shape index (κ3) is 3.54. The summed E-state index contributed by atoms with van der Waals surface area (Å²) in [5.41, 5.74) is -0.720. The summed E-state index contributed by atoms with van der Waals surface area (Å²) in [6.07, 6.45) is 1.60. The van der Waals surface area contributed by atoms with E-state index in [-0.39, 0.29) is 5.82 Å². The van der Waals surface area contributed by atoms with E-state index in [2.05, 4.69) is 10.3 Å². The number of benzene rings is 1. The van der Waals surface area contributed by atoms with Gasteiger partial charge in [0.2, 0.25) is 5.88 Å². The number of rotatable bonds is 4. The number of nitrogens with one attached hydrogen (secondary N) is 1. The Balaban J connectivity index is 1.84. The Kier molecular flexibility index (Phi) is 4.66. The van der Waals surface area contributed by atoms with Gasteiger partial charge in [0.25, 0.3) is 11.5 Å². The molecule has 132 valence electrons. The Labute approximate surface area is 148 Å². The molecule has 0 radical (unpaired) electrons. The normalized spacial score (nSPS) is 10.4. The van der Waals surface area contributed by atoms with Crippen molar-refractivity contribution in [2.45, 2.75) is 0 Å². The molecule has 2 heterocycles. The summed E-state index contributed by atoms with van der Waals surface area (Å²) < 4.78 is 7.74. The lowest BCUT2D eigenvalue weighted by Crippen LogP contribution is -2.38. The zero-order valence-corrected chi connectivity index (χ0v) is 14.2. The van der Waals surface area contributed by atoms with Crippen molar-refractivity contribution in [2.24, 2.45) is 14.1 Å². The van der Waals surface area contributed by atoms with Gasteiger partial charge in [0.1, 0.15) is 11.6 Å². The lowest BCUT2D eigenvalue weighted by Gasteiger charge is -2.11. The molecule has 0 aliphatic rings. The lowest BCUT2D eigenvalue weighted by atomic mass is 10.2. The maximum absolute atomic E-state index is 12.5. The van der Waals surface area contributed by atoms with Crippen LogP contribution in [-0.4, -0.2) is 20.0 Å². The van der Waals surface area contributed by atoms with Gasteiger partial charge in [-0.15, -0.1) is 0 Å². The third-order valence-electron chi connectivity index (χ3n) is 3.72. The summed E-state index contributed by atoms with van der Waals surface area (Å²) in [6.45, 7) is 0. The molecule has 0 fully saturated rings. The van der Waals surface area contributed by atoms with Gasteiger partial charge in [-0.1, -0.05) is 12.1 Å². The lowest BCUT2D eigenvalue weighted by molar-refractivity contribution is 0.102. The van der Waals surface area contributed by atoms with Crippen molar-refractivity contribution in [3.63, 3.8) is 0 Å². The molecule has 1 aromatic carbocycles. The summed E-state index contributed by atoms with van der Waals surface area (Å²) in [4.78, 5) is 40.2. The molecule has 0 saturated carbocycles. The van der Waals surface area contributed by atoms with Gasteiger partial charge < -0.3 is 10.1 Å². The zero-order valence-electron chi connectivity index (χ0n) is 14.2. The van der Waals surface area contributed by atoms with Crippen molar-refractivity contribution in [3.05, 3.63) is 81.1 Å². The Morgan fingerprint density at radius 1 is 1.04 bits per heavy atom. The Morgan fingerprint density at radius 2 is 1.85 bits per heavy atom. The number of anilines is 1. The van der Waals surface area contributed by atoms with Crippen LogP contribution in [0.25, 0.3) is 0 Å². The molecule has 0 spiro atoms. The monoisotopic (exact) mass is 352 g/mol. The molecule has 0 saturated heterocycles. The predicted octanol–water partition coefficient (Wildman–Crippen LogP) is 1.52. The van der Waals surface area contributed by atoms with Crippen molar-refractivity contribution in [2.75, 3.05) is 5.32 Å². The molecular formula is C18H16N4O4. The smallest absolute Gasteiger partial charge is 0.332 e. The summed E-state index contributed by atoms with van der Waals surface area (Å²) in [5.74, 6) is 0.479. The van der Waals surface area contributed by atoms with Gasteiger partial charge in [-0.2, -0.15) is 0 Å². The number of carbonyl (C=O) groups is 1. The molecule has 8 heteroatoms. The Hall–Kier alpha value is -3.68. The van der Waals surface area contributed by atoms with Crippen LogP contribution in [0.5, 0.6) is 11.6 Å². The number of hydrogen-bond acceptors (Lipinski definition) is 5. The van der Waals surface area contributed by atoms with Gasteiger partial charge in [-0.25, -0.2) is 9.78 Å². The van der Waals surface area contributed by atoms with Crippen LogP contribution in [0.1, 0.15) is 10.4 Å². The first kappa shape index (κ1) is 17.2. The topological polar surface area (TPSA) is 95.2 Å². The molecule has 26 heavy (non-hydrogen) atoms. The van der Waals surface area contributed by atoms with Crippen molar-refractivity contribution < 1.29 is 9.53 Å². The van der Waals surface area contributed by atoms with Gasteiger partial charge in [-0.05, 0) is 24.3 Å². The average molecular weight is 352 g/mol. The van der Waals surface area contributed by atoms with Crippen LogP contribution in [0.3, 0.4) is 0 Å². The fraction of sp³-hybridized carbons (Fsp3) is 0.111. The van der Waals surface area contributed by atoms with Crippen LogP contribution in [0.15, 0.2) is 64.3 Å². The maximum atomic E-state index is 12.5. The minimum Gasteiger partial charge on any atom is -0.439 e. The van der Waals surface area contributed by atoms with Gasteiger partial charge in [0.15, 0.2) is 0 Å². The summed E-state index contributed by atoms with van der Waals surface area (Å²) in [6, 6.07) is 12.9. The number of nitrogens with zero attached hydrogens (tertiary/aromatic N) is 3. The summed E-state index contributed by atoms with van der Waals surface area (Å²) >= 11 is 0. The van der Waals surface area contributed by atoms with Crippen LogP contribution in [0.2, 0.25) is 0 Å². The molecule has 0 atom stereocenters. The van der Waals surface area contributed by atoms with Gasteiger partial charge in [0, 0.05) is 38.0 Å². The minimum absolute atomic E-state index is 0.110. The molecule has 3 rings (SSSR count). The van der Waals surface area contributed by atoms with E-state index >= 15 is 0 Å². The highest BCUT2D eigenvalue weighted by Crippen LogP contribution is 2.20. The van der Waals surface area contributed by atoms with E-state index in [0.29, 0.717) is 17.2 Å². The first-order valence-electron chi connectivity index (χ1n) is 7.73. The highest BCUT2D eigenvalue weighted by Gasteiger charge is 2.12. The van der Waals surface area contributed by atoms with Crippen LogP contribution in [0, 0.1) is 0 Å². The van der Waals surface area contributed by atoms with E-state index in [1.807, 2.05) is 0 Å². The van der Waals surface area contributed by atoms with Crippen molar-refractivity contribution in [1.82, 2.24) is 14.1 Å². The van der Waals surface area contributed by atoms with Crippen LogP contribution >= 0.6 is 0 Å². The molecule has 0 aliphatic carbocycles. The predicted molar refractivity (Wildman–Crippen MR) is 95.6 cm³/mol. The highest BCUT2D eigenvalue weighted by molar-refractivity contribution is 6.04. The van der Waals surface area contributed by atoms with Crippen molar-refractivity contribution >= 4 is 11.7 Å². The molecule has 0 bridgehead atoms. The van der Waals surface area contributed by atoms with Crippen molar-refractivity contribution in [3.8, 4) is 11.6 Å². The Morgan fingerprint density at radius 3 is 2.58 bits per heavy atom. The molecule has 8 nitrogen and oxygen atoms in total. The molecular weight excluding hydrogens is 336 g/mol. The number of carbonyl (C=O) groups excluding carboxylic acids is 1. The summed E-state index contributed by atoms with van der Waals surface area (Å²) in [7, 11) is 2.84. The van der Waals surface area contributed by atoms with Gasteiger partial charge in [0.05, 0.1) is 0 Å². The second kappa shape index (κ2) is 7.06. The molecule has 0 unspecified atom stereocenters. The SMILES string of the molecule is Cn1c(NC(=O)c2cccc(Oc3ccccn3)c2)cc(=O)n(C)c1=O. The third-order valence-corrected chi connectivity index (χ3v) is 3.72. The van der Waals surface area contributed by atoms with Crippen LogP contribution < -0.4 is 21.3 Å². The second-order valence-corrected chi connectivity index (χ2v) is 5.52. The molecule has 2 aromatic heterocycles. The van der Waals surface area contributed by atoms with Crippen molar-refractivity contribution in [1.29, 1.82) is 0 Å². The largest absolute Gasteiger partial charge is 0.439 e. The standard InChI is InChI=1S/C18H16N4O4/c1-21-14(11-16(23)22(2)18(21)25)20-17(24)12-6-5-7-13(10-12)26-15-8-3-4-9-19-15/h3-11H,1-2H3,(H,20,24). The van der Waals surface area contributed by atoms with E-state index in [4.69, 9.17) is 4.74 Å². The molecule has 1 N–H and O–H groups in total. The fourth-order valence-corrected chi connectivity index (χ4v) is 2.27. The number of amides is 1.